The lowest BCUT2D eigenvalue weighted by Crippen LogP contribution is -2.31. The van der Waals surface area contributed by atoms with Gasteiger partial charge in [0, 0.05) is 13.1 Å². The highest BCUT2D eigenvalue weighted by atomic mass is 32.2. The molecule has 0 saturated heterocycles. The Morgan fingerprint density at radius 2 is 1.52 bits per heavy atom. The van der Waals surface area contributed by atoms with Crippen molar-refractivity contribution in [2.75, 3.05) is 13.1 Å². The molecule has 160 valence electrons. The molecule has 1 heterocycles. The van der Waals surface area contributed by atoms with E-state index in [1.165, 1.54) is 76.7 Å². The van der Waals surface area contributed by atoms with Crippen LogP contribution in [0.15, 0.2) is 53.4 Å². The minimum Gasteiger partial charge on any atom is -0.299 e. The van der Waals surface area contributed by atoms with E-state index in [9.17, 15) is 8.42 Å². The molecule has 0 amide bonds. The Hall–Kier alpha value is -1.69. The molecule has 4 nitrogen and oxygen atoms in total. The summed E-state index contributed by atoms with van der Waals surface area (Å²) in [7, 11) is -4.02. The van der Waals surface area contributed by atoms with Crippen molar-refractivity contribution in [3.05, 3.63) is 65.2 Å². The maximum absolute atomic E-state index is 10.5. The van der Waals surface area contributed by atoms with E-state index < -0.39 is 10.1 Å². The van der Waals surface area contributed by atoms with Crippen molar-refractivity contribution >= 4 is 10.1 Å². The van der Waals surface area contributed by atoms with E-state index >= 15 is 0 Å². The number of fused-ring (bicyclic) bond motifs is 1. The molecule has 1 aliphatic rings. The maximum Gasteiger partial charge on any atom is 0.294 e. The van der Waals surface area contributed by atoms with Crippen LogP contribution >= 0.6 is 0 Å². The summed E-state index contributed by atoms with van der Waals surface area (Å²) in [6.07, 6.45) is 9.66. The van der Waals surface area contributed by atoms with Crippen LogP contribution < -0.4 is 0 Å². The van der Waals surface area contributed by atoms with Gasteiger partial charge in [-0.3, -0.25) is 9.45 Å². The summed E-state index contributed by atoms with van der Waals surface area (Å²) < 4.78 is 29.6. The molecule has 5 heteroatoms. The molecule has 0 saturated carbocycles. The number of hydrogen-bond donors (Lipinski definition) is 1. The Labute approximate surface area is 176 Å². The number of benzene rings is 2. The normalized spacial score (nSPS) is 14.0. The third-order valence-corrected chi connectivity index (χ3v) is 6.22. The molecule has 0 atom stereocenters. The van der Waals surface area contributed by atoms with Gasteiger partial charge in [-0.1, -0.05) is 81.0 Å². The van der Waals surface area contributed by atoms with Gasteiger partial charge in [0.1, 0.15) is 0 Å². The predicted octanol–water partition coefficient (Wildman–Crippen LogP) is 5.65. The molecule has 29 heavy (non-hydrogen) atoms. The van der Waals surface area contributed by atoms with Crippen LogP contribution in [0.1, 0.15) is 62.1 Å². The average molecular weight is 418 g/mol. The Balaban J connectivity index is 0.000000234. The van der Waals surface area contributed by atoms with E-state index in [1.54, 1.807) is 23.3 Å². The van der Waals surface area contributed by atoms with Crippen molar-refractivity contribution in [2.24, 2.45) is 0 Å². The zero-order chi connectivity index (χ0) is 21.1. The summed E-state index contributed by atoms with van der Waals surface area (Å²) in [5.74, 6) is 0. The summed E-state index contributed by atoms with van der Waals surface area (Å²) in [5, 5.41) is 0. The molecular formula is C24H35NO3S. The minimum absolute atomic E-state index is 0.0666. The standard InChI is InChI=1S/C17H27N.C7H8O3S/c1-2-3-4-5-6-9-13-18-14-12-16-10-7-8-11-17(16)15-18;1-6-2-4-7(5-3-6)11(8,9)10/h7-8,10-11H,2-6,9,12-15H2,1H3;2-5H,1H3,(H,8,9,10). The molecule has 1 N–H and O–H groups in total. The van der Waals surface area contributed by atoms with Crippen LogP contribution in [0.3, 0.4) is 0 Å². The quantitative estimate of drug-likeness (QED) is 0.446. The van der Waals surface area contributed by atoms with Gasteiger partial charge in [0.15, 0.2) is 0 Å². The zero-order valence-corrected chi connectivity index (χ0v) is 18.6. The van der Waals surface area contributed by atoms with Gasteiger partial charge in [-0.05, 0) is 49.6 Å². The molecule has 0 bridgehead atoms. The topological polar surface area (TPSA) is 57.6 Å². The second kappa shape index (κ2) is 12.1. The first-order valence-electron chi connectivity index (χ1n) is 10.7. The Morgan fingerprint density at radius 3 is 2.17 bits per heavy atom. The fourth-order valence-corrected chi connectivity index (χ4v) is 4.05. The first-order valence-corrected chi connectivity index (χ1v) is 12.2. The first kappa shape index (κ1) is 23.6. The molecule has 0 unspecified atom stereocenters. The van der Waals surface area contributed by atoms with Crippen LogP contribution in [0.2, 0.25) is 0 Å². The van der Waals surface area contributed by atoms with Crippen molar-refractivity contribution in [2.45, 2.75) is 70.2 Å². The number of aryl methyl sites for hydroxylation is 1. The second-order valence-corrected chi connectivity index (χ2v) is 9.27. The summed E-state index contributed by atoms with van der Waals surface area (Å²) in [6.45, 7) is 7.84. The van der Waals surface area contributed by atoms with E-state index in [1.807, 2.05) is 6.92 Å². The third-order valence-electron chi connectivity index (χ3n) is 5.36. The third kappa shape index (κ3) is 8.69. The van der Waals surface area contributed by atoms with Crippen molar-refractivity contribution in [3.8, 4) is 0 Å². The van der Waals surface area contributed by atoms with E-state index in [0.717, 1.165) is 5.56 Å². The van der Waals surface area contributed by atoms with Gasteiger partial charge in [-0.25, -0.2) is 0 Å². The summed E-state index contributed by atoms with van der Waals surface area (Å²) in [5.41, 5.74) is 4.07. The highest BCUT2D eigenvalue weighted by Gasteiger charge is 2.14. The zero-order valence-electron chi connectivity index (χ0n) is 17.8. The van der Waals surface area contributed by atoms with Crippen LogP contribution in [0.25, 0.3) is 0 Å². The number of rotatable bonds is 8. The lowest BCUT2D eigenvalue weighted by Gasteiger charge is -2.28. The van der Waals surface area contributed by atoms with Crippen LogP contribution in [0.4, 0.5) is 0 Å². The molecule has 0 fully saturated rings. The number of unbranched alkanes of at least 4 members (excludes halogenated alkanes) is 5. The summed E-state index contributed by atoms with van der Waals surface area (Å²) in [6, 6.07) is 14.9. The fraction of sp³-hybridized carbons (Fsp3) is 0.500. The van der Waals surface area contributed by atoms with E-state index in [4.69, 9.17) is 4.55 Å². The summed E-state index contributed by atoms with van der Waals surface area (Å²) in [4.78, 5) is 2.56. The van der Waals surface area contributed by atoms with Gasteiger partial charge >= 0.3 is 0 Å². The van der Waals surface area contributed by atoms with Crippen LogP contribution in [-0.4, -0.2) is 31.0 Å². The smallest absolute Gasteiger partial charge is 0.294 e. The average Bonchev–Trinajstić information content (AvgIpc) is 2.70. The largest absolute Gasteiger partial charge is 0.299 e. The molecule has 3 rings (SSSR count). The highest BCUT2D eigenvalue weighted by Crippen LogP contribution is 2.19. The van der Waals surface area contributed by atoms with Gasteiger partial charge in [-0.15, -0.1) is 0 Å². The van der Waals surface area contributed by atoms with Crippen molar-refractivity contribution < 1.29 is 13.0 Å². The minimum atomic E-state index is -4.02. The molecule has 2 aromatic rings. The predicted molar refractivity (Wildman–Crippen MR) is 120 cm³/mol. The molecule has 0 aromatic heterocycles. The lowest BCUT2D eigenvalue weighted by atomic mass is 9.99. The molecule has 2 aromatic carbocycles. The van der Waals surface area contributed by atoms with Crippen LogP contribution in [0.5, 0.6) is 0 Å². The Bertz CT molecular complexity index is 831. The van der Waals surface area contributed by atoms with E-state index in [0.29, 0.717) is 0 Å². The van der Waals surface area contributed by atoms with Gasteiger partial charge in [0.05, 0.1) is 4.90 Å². The van der Waals surface area contributed by atoms with Crippen molar-refractivity contribution in [3.63, 3.8) is 0 Å². The SMILES string of the molecule is CCCCCCCCN1CCc2ccccc2C1.Cc1ccc(S(=O)(=O)O)cc1. The molecular weight excluding hydrogens is 382 g/mol. The van der Waals surface area contributed by atoms with Crippen molar-refractivity contribution in [1.82, 2.24) is 4.90 Å². The van der Waals surface area contributed by atoms with Gasteiger partial charge in [-0.2, -0.15) is 8.42 Å². The first-order chi connectivity index (χ1) is 13.9. The molecule has 0 aliphatic carbocycles. The van der Waals surface area contributed by atoms with Crippen LogP contribution in [0, 0.1) is 6.92 Å². The molecule has 0 spiro atoms. The lowest BCUT2D eigenvalue weighted by molar-refractivity contribution is 0.248. The Kier molecular flexibility index (Phi) is 9.85. The maximum atomic E-state index is 10.5. The summed E-state index contributed by atoms with van der Waals surface area (Å²) >= 11 is 0. The van der Waals surface area contributed by atoms with Gasteiger partial charge < -0.3 is 0 Å². The monoisotopic (exact) mass is 417 g/mol. The van der Waals surface area contributed by atoms with Crippen LogP contribution in [-0.2, 0) is 23.1 Å². The van der Waals surface area contributed by atoms with Crippen molar-refractivity contribution in [1.29, 1.82) is 0 Å². The Morgan fingerprint density at radius 1 is 0.897 bits per heavy atom. The number of nitrogens with zero attached hydrogens (tertiary/aromatic N) is 1. The fourth-order valence-electron chi connectivity index (χ4n) is 3.57. The number of hydrogen-bond acceptors (Lipinski definition) is 3. The van der Waals surface area contributed by atoms with Gasteiger partial charge in [0.25, 0.3) is 10.1 Å². The highest BCUT2D eigenvalue weighted by molar-refractivity contribution is 7.85. The second-order valence-electron chi connectivity index (χ2n) is 7.85. The molecule has 1 aliphatic heterocycles. The van der Waals surface area contributed by atoms with Gasteiger partial charge in [0.2, 0.25) is 0 Å². The van der Waals surface area contributed by atoms with E-state index in [2.05, 4.69) is 36.1 Å². The van der Waals surface area contributed by atoms with E-state index in [-0.39, 0.29) is 4.90 Å². The molecule has 0 radical (unpaired) electrons.